The fourth-order valence-electron chi connectivity index (χ4n) is 1.93. The van der Waals surface area contributed by atoms with E-state index in [1.165, 1.54) is 0 Å². The summed E-state index contributed by atoms with van der Waals surface area (Å²) in [6.07, 6.45) is 0. The lowest BCUT2D eigenvalue weighted by Crippen LogP contribution is -1.83. The van der Waals surface area contributed by atoms with Gasteiger partial charge in [-0.05, 0) is 23.8 Å². The Hall–Kier alpha value is -2.49. The number of aromatic amines is 1. The number of anilines is 1. The van der Waals surface area contributed by atoms with Gasteiger partial charge in [0, 0.05) is 10.9 Å². The van der Waals surface area contributed by atoms with Crippen molar-refractivity contribution in [2.24, 2.45) is 0 Å². The molecular weight excluding hydrogens is 214 g/mol. The van der Waals surface area contributed by atoms with Crippen LogP contribution in [0.15, 0.2) is 42.5 Å². The smallest absolute Gasteiger partial charge is 0.153 e. The van der Waals surface area contributed by atoms with Crippen LogP contribution in [0.25, 0.3) is 22.0 Å². The minimum Gasteiger partial charge on any atom is -0.507 e. The number of aromatic hydroxyl groups is 1. The van der Waals surface area contributed by atoms with Crippen molar-refractivity contribution in [1.82, 2.24) is 10.2 Å². The van der Waals surface area contributed by atoms with E-state index < -0.39 is 0 Å². The van der Waals surface area contributed by atoms with Crippen molar-refractivity contribution in [2.45, 2.75) is 0 Å². The summed E-state index contributed by atoms with van der Waals surface area (Å²) >= 11 is 0. The van der Waals surface area contributed by atoms with Crippen LogP contribution in [0.1, 0.15) is 0 Å². The second kappa shape index (κ2) is 3.52. The fraction of sp³-hybridized carbons (Fsp3) is 0. The lowest BCUT2D eigenvalue weighted by Gasteiger charge is -2.04. The molecular formula is C13H11N3O. The molecule has 3 rings (SSSR count). The van der Waals surface area contributed by atoms with E-state index in [-0.39, 0.29) is 5.75 Å². The van der Waals surface area contributed by atoms with Gasteiger partial charge in [-0.3, -0.25) is 5.10 Å². The van der Waals surface area contributed by atoms with Gasteiger partial charge in [-0.1, -0.05) is 24.3 Å². The summed E-state index contributed by atoms with van der Waals surface area (Å²) in [5, 5.41) is 17.5. The zero-order valence-corrected chi connectivity index (χ0v) is 9.01. The van der Waals surface area contributed by atoms with Crippen LogP contribution in [-0.2, 0) is 0 Å². The fourth-order valence-corrected chi connectivity index (χ4v) is 1.93. The molecule has 0 radical (unpaired) electrons. The Morgan fingerprint density at radius 3 is 2.76 bits per heavy atom. The van der Waals surface area contributed by atoms with Crippen LogP contribution in [0.5, 0.6) is 5.75 Å². The Balaban J connectivity index is 2.22. The predicted molar refractivity (Wildman–Crippen MR) is 67.6 cm³/mol. The van der Waals surface area contributed by atoms with E-state index in [1.54, 1.807) is 12.1 Å². The van der Waals surface area contributed by atoms with Gasteiger partial charge in [0.15, 0.2) is 5.82 Å². The molecule has 0 amide bonds. The average Bonchev–Trinajstić information content (AvgIpc) is 2.71. The molecule has 0 fully saturated rings. The van der Waals surface area contributed by atoms with Crippen LogP contribution in [0.3, 0.4) is 0 Å². The van der Waals surface area contributed by atoms with Crippen molar-refractivity contribution in [3.05, 3.63) is 42.5 Å². The summed E-state index contributed by atoms with van der Waals surface area (Å²) < 4.78 is 0. The molecule has 0 spiro atoms. The number of nitrogen functional groups attached to an aromatic ring is 1. The minimum absolute atomic E-state index is 0.263. The molecule has 4 heteroatoms. The molecule has 0 unspecified atom stereocenters. The topological polar surface area (TPSA) is 74.9 Å². The monoisotopic (exact) mass is 225 g/mol. The molecule has 84 valence electrons. The van der Waals surface area contributed by atoms with Crippen LogP contribution in [0, 0.1) is 0 Å². The normalized spacial score (nSPS) is 10.8. The average molecular weight is 225 g/mol. The van der Waals surface area contributed by atoms with Crippen LogP contribution >= 0.6 is 0 Å². The van der Waals surface area contributed by atoms with E-state index in [4.69, 9.17) is 5.73 Å². The molecule has 0 bridgehead atoms. The van der Waals surface area contributed by atoms with Crippen molar-refractivity contribution in [3.63, 3.8) is 0 Å². The molecule has 3 aromatic rings. The Labute approximate surface area is 97.7 Å². The summed E-state index contributed by atoms with van der Waals surface area (Å²) in [4.78, 5) is 0. The van der Waals surface area contributed by atoms with Crippen molar-refractivity contribution < 1.29 is 5.11 Å². The first-order chi connectivity index (χ1) is 8.25. The molecule has 4 N–H and O–H groups in total. The molecule has 0 saturated heterocycles. The second-order valence-electron chi connectivity index (χ2n) is 3.89. The minimum atomic E-state index is 0.263. The second-order valence-corrected chi connectivity index (χ2v) is 3.89. The van der Waals surface area contributed by atoms with Gasteiger partial charge < -0.3 is 10.8 Å². The molecule has 0 aliphatic heterocycles. The molecule has 1 aromatic heterocycles. The van der Waals surface area contributed by atoms with Crippen LogP contribution in [-0.4, -0.2) is 15.3 Å². The number of aromatic nitrogens is 2. The van der Waals surface area contributed by atoms with Gasteiger partial charge >= 0.3 is 0 Å². The molecule has 0 saturated carbocycles. The number of phenolic OH excluding ortho intramolecular Hbond substituents is 1. The lowest BCUT2D eigenvalue weighted by molar-refractivity contribution is 0.477. The highest BCUT2D eigenvalue weighted by Crippen LogP contribution is 2.31. The van der Waals surface area contributed by atoms with Gasteiger partial charge in [0.05, 0.1) is 5.52 Å². The maximum absolute atomic E-state index is 9.79. The molecule has 0 atom stereocenters. The zero-order valence-electron chi connectivity index (χ0n) is 9.01. The molecule has 2 aromatic carbocycles. The third-order valence-corrected chi connectivity index (χ3v) is 2.81. The highest BCUT2D eigenvalue weighted by Gasteiger charge is 2.06. The number of benzene rings is 2. The number of hydrogen-bond acceptors (Lipinski definition) is 3. The van der Waals surface area contributed by atoms with Gasteiger partial charge in [-0.25, -0.2) is 0 Å². The lowest BCUT2D eigenvalue weighted by atomic mass is 10.0. The van der Waals surface area contributed by atoms with E-state index >= 15 is 0 Å². The first kappa shape index (κ1) is 9.72. The number of hydrogen-bond donors (Lipinski definition) is 3. The number of nitrogens with zero attached hydrogens (tertiary/aromatic N) is 1. The Bertz CT molecular complexity index is 688. The Morgan fingerprint density at radius 1 is 1.12 bits per heavy atom. The number of nitrogens with one attached hydrogen (secondary N) is 1. The van der Waals surface area contributed by atoms with Crippen molar-refractivity contribution in [1.29, 1.82) is 0 Å². The van der Waals surface area contributed by atoms with E-state index in [2.05, 4.69) is 10.2 Å². The van der Waals surface area contributed by atoms with Crippen LogP contribution in [0.2, 0.25) is 0 Å². The van der Waals surface area contributed by atoms with Gasteiger partial charge in [0.1, 0.15) is 5.75 Å². The van der Waals surface area contributed by atoms with Gasteiger partial charge in [0.25, 0.3) is 0 Å². The van der Waals surface area contributed by atoms with Crippen LogP contribution in [0.4, 0.5) is 5.82 Å². The Kier molecular flexibility index (Phi) is 2.01. The number of fused-ring (bicyclic) bond motifs is 1. The quantitative estimate of drug-likeness (QED) is 0.595. The maximum atomic E-state index is 9.79. The van der Waals surface area contributed by atoms with E-state index in [0.29, 0.717) is 5.82 Å². The maximum Gasteiger partial charge on any atom is 0.153 e. The SMILES string of the molecule is Nc1n[nH]c2cc(-c3ccccc3O)ccc12. The van der Waals surface area contributed by atoms with E-state index in [1.807, 2.05) is 30.3 Å². The summed E-state index contributed by atoms with van der Waals surface area (Å²) in [6, 6.07) is 13.0. The summed E-state index contributed by atoms with van der Waals surface area (Å²) in [6.45, 7) is 0. The van der Waals surface area contributed by atoms with Crippen molar-refractivity contribution in [2.75, 3.05) is 5.73 Å². The first-order valence-electron chi connectivity index (χ1n) is 5.27. The van der Waals surface area contributed by atoms with Crippen molar-refractivity contribution in [3.8, 4) is 16.9 Å². The first-order valence-corrected chi connectivity index (χ1v) is 5.27. The van der Waals surface area contributed by atoms with Crippen LogP contribution < -0.4 is 5.73 Å². The number of phenols is 1. The molecule has 1 heterocycles. The number of nitrogens with two attached hydrogens (primary N) is 1. The highest BCUT2D eigenvalue weighted by molar-refractivity contribution is 5.92. The van der Waals surface area contributed by atoms with E-state index in [0.717, 1.165) is 22.0 Å². The Morgan fingerprint density at radius 2 is 1.94 bits per heavy atom. The predicted octanol–water partition coefficient (Wildman–Crippen LogP) is 2.52. The summed E-state index contributed by atoms with van der Waals surface area (Å²) in [7, 11) is 0. The largest absolute Gasteiger partial charge is 0.507 e. The molecule has 0 aliphatic carbocycles. The zero-order chi connectivity index (χ0) is 11.8. The van der Waals surface area contributed by atoms with E-state index in [9.17, 15) is 5.11 Å². The summed E-state index contributed by atoms with van der Waals surface area (Å²) in [5.74, 6) is 0.753. The number of rotatable bonds is 1. The van der Waals surface area contributed by atoms with Crippen molar-refractivity contribution >= 4 is 16.7 Å². The van der Waals surface area contributed by atoms with Gasteiger partial charge in [0.2, 0.25) is 0 Å². The van der Waals surface area contributed by atoms with Gasteiger partial charge in [-0.15, -0.1) is 0 Å². The molecule has 0 aliphatic rings. The highest BCUT2D eigenvalue weighted by atomic mass is 16.3. The molecule has 17 heavy (non-hydrogen) atoms. The number of para-hydroxylation sites is 1. The number of H-pyrrole nitrogens is 1. The molecule has 4 nitrogen and oxygen atoms in total. The third kappa shape index (κ3) is 1.50. The standard InChI is InChI=1S/C13H11N3O/c14-13-10-6-5-8(7-11(10)15-16-13)9-3-1-2-4-12(9)17/h1-7,17H,(H3,14,15,16). The third-order valence-electron chi connectivity index (χ3n) is 2.81. The summed E-state index contributed by atoms with van der Waals surface area (Å²) in [5.41, 5.74) is 8.29. The van der Waals surface area contributed by atoms with Gasteiger partial charge in [-0.2, -0.15) is 5.10 Å².